The molecule has 86 valence electrons. The zero-order valence-electron chi connectivity index (χ0n) is 10.1. The third-order valence-corrected chi connectivity index (χ3v) is 3.19. The van der Waals surface area contributed by atoms with E-state index in [0.29, 0.717) is 11.8 Å². The Hall–Kier alpha value is -1.08. The zero-order valence-corrected chi connectivity index (χ0v) is 10.1. The lowest BCUT2D eigenvalue weighted by molar-refractivity contribution is 0.0857. The number of benzene rings is 1. The molecule has 1 saturated heterocycles. The molecule has 1 aliphatic heterocycles. The van der Waals surface area contributed by atoms with Crippen LogP contribution < -0.4 is 0 Å². The van der Waals surface area contributed by atoms with Gasteiger partial charge in [-0.1, -0.05) is 50.8 Å². The Labute approximate surface area is 98.1 Å². The van der Waals surface area contributed by atoms with Crippen molar-refractivity contribution in [3.8, 4) is 0 Å². The molecule has 0 amide bonds. The van der Waals surface area contributed by atoms with Crippen LogP contribution in [-0.4, -0.2) is 6.61 Å². The molecule has 1 nitrogen and oxygen atoms in total. The monoisotopic (exact) mass is 216 g/mol. The van der Waals surface area contributed by atoms with Crippen molar-refractivity contribution >= 4 is 0 Å². The smallest absolute Gasteiger partial charge is 0.0895 e. The third kappa shape index (κ3) is 2.35. The fourth-order valence-corrected chi connectivity index (χ4v) is 2.40. The van der Waals surface area contributed by atoms with E-state index in [2.05, 4.69) is 44.7 Å². The van der Waals surface area contributed by atoms with Gasteiger partial charge in [0.15, 0.2) is 0 Å². The van der Waals surface area contributed by atoms with Crippen LogP contribution in [0.5, 0.6) is 0 Å². The van der Waals surface area contributed by atoms with E-state index in [1.165, 1.54) is 17.6 Å². The van der Waals surface area contributed by atoms with Crippen molar-refractivity contribution in [1.29, 1.82) is 0 Å². The summed E-state index contributed by atoms with van der Waals surface area (Å²) in [7, 11) is 0. The standard InChI is InChI=1S/C15H20O/c1-11(2)9-14-12(3)10-16-15(14)13-7-5-4-6-8-13/h4-8,11,14-15H,3,9-10H2,1-2H3/t14-,15+/m1/s1. The molecule has 1 heterocycles. The number of ether oxygens (including phenoxy) is 1. The lowest BCUT2D eigenvalue weighted by atomic mass is 9.86. The number of hydrogen-bond donors (Lipinski definition) is 0. The Morgan fingerprint density at radius 3 is 2.62 bits per heavy atom. The van der Waals surface area contributed by atoms with Gasteiger partial charge in [0, 0.05) is 5.92 Å². The zero-order chi connectivity index (χ0) is 11.5. The lowest BCUT2D eigenvalue weighted by Gasteiger charge is -2.21. The predicted molar refractivity (Wildman–Crippen MR) is 67.2 cm³/mol. The minimum atomic E-state index is 0.219. The van der Waals surface area contributed by atoms with Crippen molar-refractivity contribution in [2.75, 3.05) is 6.61 Å². The van der Waals surface area contributed by atoms with Gasteiger partial charge in [0.05, 0.1) is 12.7 Å². The molecule has 2 rings (SSSR count). The minimum Gasteiger partial charge on any atom is -0.369 e. The predicted octanol–water partition coefficient (Wildman–Crippen LogP) is 3.98. The van der Waals surface area contributed by atoms with Crippen molar-refractivity contribution in [2.24, 2.45) is 11.8 Å². The van der Waals surface area contributed by atoms with E-state index in [9.17, 15) is 0 Å². The van der Waals surface area contributed by atoms with Gasteiger partial charge in [-0.05, 0) is 23.5 Å². The van der Waals surface area contributed by atoms with Crippen LogP contribution >= 0.6 is 0 Å². The molecule has 1 aliphatic rings. The van der Waals surface area contributed by atoms with Gasteiger partial charge in [-0.3, -0.25) is 0 Å². The van der Waals surface area contributed by atoms with Gasteiger partial charge in [0.1, 0.15) is 0 Å². The molecule has 0 aromatic heterocycles. The molecule has 0 radical (unpaired) electrons. The van der Waals surface area contributed by atoms with E-state index < -0.39 is 0 Å². The molecule has 0 unspecified atom stereocenters. The second-order valence-corrected chi connectivity index (χ2v) is 5.04. The second kappa shape index (κ2) is 4.84. The fraction of sp³-hybridized carbons (Fsp3) is 0.467. The maximum atomic E-state index is 5.87. The highest BCUT2D eigenvalue weighted by molar-refractivity contribution is 5.24. The SMILES string of the molecule is C=C1CO[C@@H](c2ccccc2)[C@@H]1CC(C)C. The second-order valence-electron chi connectivity index (χ2n) is 5.04. The van der Waals surface area contributed by atoms with Gasteiger partial charge in [-0.15, -0.1) is 0 Å². The highest BCUT2D eigenvalue weighted by atomic mass is 16.5. The molecule has 0 N–H and O–H groups in total. The van der Waals surface area contributed by atoms with Gasteiger partial charge in [-0.25, -0.2) is 0 Å². The summed E-state index contributed by atoms with van der Waals surface area (Å²) in [6.45, 7) is 9.37. The minimum absolute atomic E-state index is 0.219. The Balaban J connectivity index is 2.18. The molecule has 0 saturated carbocycles. The van der Waals surface area contributed by atoms with E-state index in [1.807, 2.05) is 6.07 Å². The van der Waals surface area contributed by atoms with Crippen LogP contribution in [0.15, 0.2) is 42.5 Å². The maximum absolute atomic E-state index is 5.87. The van der Waals surface area contributed by atoms with Gasteiger partial charge >= 0.3 is 0 Å². The van der Waals surface area contributed by atoms with Gasteiger partial charge < -0.3 is 4.74 Å². The van der Waals surface area contributed by atoms with Crippen molar-refractivity contribution in [1.82, 2.24) is 0 Å². The fourth-order valence-electron chi connectivity index (χ4n) is 2.40. The molecule has 1 aromatic carbocycles. The number of hydrogen-bond acceptors (Lipinski definition) is 1. The molecular formula is C15H20O. The summed E-state index contributed by atoms with van der Waals surface area (Å²) in [4.78, 5) is 0. The lowest BCUT2D eigenvalue weighted by Crippen LogP contribution is -2.11. The molecule has 1 aromatic rings. The summed E-state index contributed by atoms with van der Waals surface area (Å²) in [6.07, 6.45) is 1.38. The summed E-state index contributed by atoms with van der Waals surface area (Å²) in [6, 6.07) is 10.5. The Morgan fingerprint density at radius 1 is 1.31 bits per heavy atom. The molecule has 0 bridgehead atoms. The quantitative estimate of drug-likeness (QED) is 0.694. The van der Waals surface area contributed by atoms with Crippen LogP contribution in [0.3, 0.4) is 0 Å². The molecule has 16 heavy (non-hydrogen) atoms. The topological polar surface area (TPSA) is 9.23 Å². The highest BCUT2D eigenvalue weighted by Crippen LogP contribution is 2.40. The van der Waals surface area contributed by atoms with Crippen molar-refractivity contribution in [3.05, 3.63) is 48.0 Å². The van der Waals surface area contributed by atoms with E-state index in [-0.39, 0.29) is 6.10 Å². The molecule has 1 fully saturated rings. The van der Waals surface area contributed by atoms with Gasteiger partial charge in [-0.2, -0.15) is 0 Å². The van der Waals surface area contributed by atoms with E-state index in [0.717, 1.165) is 6.61 Å². The van der Waals surface area contributed by atoms with Crippen LogP contribution in [0.25, 0.3) is 0 Å². The van der Waals surface area contributed by atoms with Crippen molar-refractivity contribution < 1.29 is 4.74 Å². The first-order valence-electron chi connectivity index (χ1n) is 6.02. The largest absolute Gasteiger partial charge is 0.369 e. The average Bonchev–Trinajstić information content (AvgIpc) is 2.61. The molecule has 2 atom stereocenters. The first-order valence-corrected chi connectivity index (χ1v) is 6.02. The van der Waals surface area contributed by atoms with Crippen LogP contribution in [0.4, 0.5) is 0 Å². The molecular weight excluding hydrogens is 196 g/mol. The van der Waals surface area contributed by atoms with Crippen LogP contribution in [0, 0.1) is 11.8 Å². The van der Waals surface area contributed by atoms with Crippen molar-refractivity contribution in [3.63, 3.8) is 0 Å². The highest BCUT2D eigenvalue weighted by Gasteiger charge is 2.32. The third-order valence-electron chi connectivity index (χ3n) is 3.19. The van der Waals surface area contributed by atoms with Crippen LogP contribution in [-0.2, 0) is 4.74 Å². The van der Waals surface area contributed by atoms with Crippen LogP contribution in [0.1, 0.15) is 31.9 Å². The Morgan fingerprint density at radius 2 is 2.00 bits per heavy atom. The van der Waals surface area contributed by atoms with Crippen molar-refractivity contribution in [2.45, 2.75) is 26.4 Å². The average molecular weight is 216 g/mol. The first-order chi connectivity index (χ1) is 7.68. The van der Waals surface area contributed by atoms with Gasteiger partial charge in [0.2, 0.25) is 0 Å². The summed E-state index contributed by atoms with van der Waals surface area (Å²) >= 11 is 0. The normalized spacial score (nSPS) is 25.3. The summed E-state index contributed by atoms with van der Waals surface area (Å²) in [5, 5.41) is 0. The molecule has 0 aliphatic carbocycles. The van der Waals surface area contributed by atoms with E-state index >= 15 is 0 Å². The summed E-state index contributed by atoms with van der Waals surface area (Å²) < 4.78 is 5.87. The molecule has 1 heteroatoms. The Bertz CT molecular complexity index is 353. The first kappa shape index (κ1) is 11.4. The van der Waals surface area contributed by atoms with Crippen LogP contribution in [0.2, 0.25) is 0 Å². The van der Waals surface area contributed by atoms with E-state index in [4.69, 9.17) is 4.74 Å². The summed E-state index contributed by atoms with van der Waals surface area (Å²) in [5.74, 6) is 1.18. The molecule has 0 spiro atoms. The summed E-state index contributed by atoms with van der Waals surface area (Å²) in [5.41, 5.74) is 2.54. The Kier molecular flexibility index (Phi) is 3.45. The number of rotatable bonds is 3. The van der Waals surface area contributed by atoms with E-state index in [1.54, 1.807) is 0 Å². The van der Waals surface area contributed by atoms with Gasteiger partial charge in [0.25, 0.3) is 0 Å². The maximum Gasteiger partial charge on any atom is 0.0895 e.